The van der Waals surface area contributed by atoms with Crippen LogP contribution in [-0.4, -0.2) is 38.7 Å². The quantitative estimate of drug-likeness (QED) is 0.171. The number of benzene rings is 2. The van der Waals surface area contributed by atoms with E-state index in [4.69, 9.17) is 14.2 Å². The fraction of sp³-hybridized carbons (Fsp3) is 0.190. The van der Waals surface area contributed by atoms with Gasteiger partial charge in [0, 0.05) is 18.1 Å². The van der Waals surface area contributed by atoms with E-state index in [0.29, 0.717) is 34.7 Å². The highest BCUT2D eigenvalue weighted by Gasteiger charge is 2.10. The zero-order valence-corrected chi connectivity index (χ0v) is 19.2. The van der Waals surface area contributed by atoms with Gasteiger partial charge in [-0.25, -0.2) is 4.79 Å². The molecule has 0 aliphatic carbocycles. The summed E-state index contributed by atoms with van der Waals surface area (Å²) in [6.45, 7) is 0.400. The van der Waals surface area contributed by atoms with Crippen LogP contribution in [0.2, 0.25) is 0 Å². The van der Waals surface area contributed by atoms with Crippen LogP contribution in [0.3, 0.4) is 0 Å². The van der Waals surface area contributed by atoms with Gasteiger partial charge in [0.2, 0.25) is 0 Å². The molecule has 7 nitrogen and oxygen atoms in total. The van der Waals surface area contributed by atoms with Crippen molar-refractivity contribution >= 4 is 49.8 Å². The number of halogens is 2. The van der Waals surface area contributed by atoms with E-state index >= 15 is 0 Å². The third kappa shape index (κ3) is 7.63. The largest absolute Gasteiger partial charge is 0.481 e. The molecule has 0 radical (unpaired) electrons. The first-order chi connectivity index (χ1) is 14.4. The molecule has 0 unspecified atom stereocenters. The Kier molecular flexibility index (Phi) is 9.54. The Bertz CT molecular complexity index is 968. The summed E-state index contributed by atoms with van der Waals surface area (Å²) in [5, 5.41) is 11.8. The Morgan fingerprint density at radius 1 is 1.17 bits per heavy atom. The lowest BCUT2D eigenvalue weighted by molar-refractivity contribution is -0.136. The zero-order chi connectivity index (χ0) is 21.9. The Morgan fingerprint density at radius 2 is 1.90 bits per heavy atom. The lowest BCUT2D eigenvalue weighted by Gasteiger charge is -2.09. The summed E-state index contributed by atoms with van der Waals surface area (Å²) in [4.78, 5) is 23.9. The summed E-state index contributed by atoms with van der Waals surface area (Å²) in [5.74, 6) is -0.216. The van der Waals surface area contributed by atoms with Crippen LogP contribution in [0.5, 0.6) is 11.5 Å². The van der Waals surface area contributed by atoms with Crippen molar-refractivity contribution < 1.29 is 23.8 Å². The molecule has 156 valence electrons. The van der Waals surface area contributed by atoms with Crippen LogP contribution in [0.4, 0.5) is 0 Å². The van der Waals surface area contributed by atoms with Crippen molar-refractivity contribution in [1.29, 1.82) is 5.26 Å². The van der Waals surface area contributed by atoms with E-state index in [0.717, 1.165) is 4.47 Å². The van der Waals surface area contributed by atoms with Crippen LogP contribution in [0.25, 0.3) is 6.08 Å². The van der Waals surface area contributed by atoms with Crippen LogP contribution in [0.1, 0.15) is 5.56 Å². The lowest BCUT2D eigenvalue weighted by Crippen LogP contribution is -2.27. The number of hydrogen-bond donors (Lipinski definition) is 1. The van der Waals surface area contributed by atoms with Crippen molar-refractivity contribution in [3.63, 3.8) is 0 Å². The predicted molar refractivity (Wildman–Crippen MR) is 118 cm³/mol. The minimum absolute atomic E-state index is 0.0377. The molecular weight excluding hydrogens is 520 g/mol. The molecule has 0 spiro atoms. The average molecular weight is 538 g/mol. The van der Waals surface area contributed by atoms with Crippen LogP contribution < -0.4 is 14.8 Å². The normalized spacial score (nSPS) is 10.8. The maximum atomic E-state index is 12.0. The number of ether oxygens (including phenoxy) is 3. The molecule has 0 heterocycles. The zero-order valence-electron chi connectivity index (χ0n) is 16.0. The Labute approximate surface area is 190 Å². The molecular formula is C21H18Br2N2O5. The summed E-state index contributed by atoms with van der Waals surface area (Å²) in [5.41, 5.74) is 0.576. The molecule has 2 aromatic carbocycles. The number of hydrogen-bond acceptors (Lipinski definition) is 6. The van der Waals surface area contributed by atoms with E-state index in [1.807, 2.05) is 6.07 Å². The van der Waals surface area contributed by atoms with Gasteiger partial charge in [0.05, 0.1) is 11.1 Å². The van der Waals surface area contributed by atoms with E-state index in [-0.39, 0.29) is 12.2 Å². The molecule has 0 bridgehead atoms. The topological polar surface area (TPSA) is 97.6 Å². The fourth-order valence-electron chi connectivity index (χ4n) is 2.20. The first-order valence-electron chi connectivity index (χ1n) is 8.70. The standard InChI is InChI=1S/C21H18Br2N2O5/c1-28-9-8-25-21(27)15(12-24)10-14-2-5-17(6-3-14)30-20(26)13-29-19-7-4-16(22)11-18(19)23/h2-7,10-11H,8-9,13H2,1H3,(H,25,27)/b15-10+. The third-order valence-corrected chi connectivity index (χ3v) is 4.73. The number of amides is 1. The first kappa shape index (κ1) is 23.6. The molecule has 1 amide bonds. The molecule has 9 heteroatoms. The minimum Gasteiger partial charge on any atom is -0.481 e. The van der Waals surface area contributed by atoms with Crippen molar-refractivity contribution in [2.45, 2.75) is 0 Å². The van der Waals surface area contributed by atoms with Crippen molar-refractivity contribution in [3.8, 4) is 17.6 Å². The van der Waals surface area contributed by atoms with Crippen LogP contribution >= 0.6 is 31.9 Å². The van der Waals surface area contributed by atoms with Crippen molar-refractivity contribution in [2.75, 3.05) is 26.9 Å². The van der Waals surface area contributed by atoms with Gasteiger partial charge in [-0.1, -0.05) is 28.1 Å². The second kappa shape index (κ2) is 12.1. The lowest BCUT2D eigenvalue weighted by atomic mass is 10.1. The number of nitriles is 1. The molecule has 0 saturated carbocycles. The molecule has 0 aliphatic rings. The smallest absolute Gasteiger partial charge is 0.349 e. The van der Waals surface area contributed by atoms with Crippen LogP contribution in [0, 0.1) is 11.3 Å². The van der Waals surface area contributed by atoms with E-state index in [9.17, 15) is 14.9 Å². The van der Waals surface area contributed by atoms with Gasteiger partial charge in [-0.15, -0.1) is 0 Å². The second-order valence-corrected chi connectivity index (χ2v) is 7.60. The van der Waals surface area contributed by atoms with Gasteiger partial charge in [0.25, 0.3) is 5.91 Å². The Morgan fingerprint density at radius 3 is 2.53 bits per heavy atom. The number of carbonyl (C=O) groups excluding carboxylic acids is 2. The highest BCUT2D eigenvalue weighted by atomic mass is 79.9. The first-order valence-corrected chi connectivity index (χ1v) is 10.3. The van der Waals surface area contributed by atoms with Crippen LogP contribution in [0.15, 0.2) is 57.0 Å². The Balaban J connectivity index is 1.92. The SMILES string of the molecule is COCCNC(=O)/C(C#N)=C/c1ccc(OC(=O)COc2ccc(Br)cc2Br)cc1. The second-order valence-electron chi connectivity index (χ2n) is 5.83. The monoisotopic (exact) mass is 536 g/mol. The van der Waals surface area contributed by atoms with Crippen molar-refractivity contribution in [3.05, 3.63) is 62.5 Å². The highest BCUT2D eigenvalue weighted by molar-refractivity contribution is 9.11. The molecule has 0 saturated heterocycles. The van der Waals surface area contributed by atoms with E-state index in [2.05, 4.69) is 37.2 Å². The molecule has 0 aromatic heterocycles. The number of nitrogens with one attached hydrogen (secondary N) is 1. The number of rotatable bonds is 9. The van der Waals surface area contributed by atoms with Gasteiger partial charge < -0.3 is 19.5 Å². The number of carbonyl (C=O) groups is 2. The molecule has 2 aromatic rings. The summed E-state index contributed by atoms with van der Waals surface area (Å²) >= 11 is 6.70. The summed E-state index contributed by atoms with van der Waals surface area (Å²) in [6, 6.07) is 13.6. The predicted octanol–water partition coefficient (Wildman–Crippen LogP) is 3.87. The Hall–Kier alpha value is -2.67. The third-order valence-electron chi connectivity index (χ3n) is 3.62. The maximum Gasteiger partial charge on any atom is 0.349 e. The van der Waals surface area contributed by atoms with E-state index < -0.39 is 11.9 Å². The van der Waals surface area contributed by atoms with Gasteiger partial charge in [0.15, 0.2) is 6.61 Å². The molecule has 2 rings (SSSR count). The molecule has 0 atom stereocenters. The minimum atomic E-state index is -0.566. The number of nitrogens with zero attached hydrogens (tertiary/aromatic N) is 1. The van der Waals surface area contributed by atoms with Gasteiger partial charge in [-0.3, -0.25) is 4.79 Å². The number of esters is 1. The summed E-state index contributed by atoms with van der Waals surface area (Å²) < 4.78 is 17.1. The van der Waals surface area contributed by atoms with Gasteiger partial charge in [-0.05, 0) is 57.9 Å². The molecule has 1 N–H and O–H groups in total. The highest BCUT2D eigenvalue weighted by Crippen LogP contribution is 2.28. The van der Waals surface area contributed by atoms with Crippen molar-refractivity contribution in [2.24, 2.45) is 0 Å². The van der Waals surface area contributed by atoms with Crippen molar-refractivity contribution in [1.82, 2.24) is 5.32 Å². The summed E-state index contributed by atoms with van der Waals surface area (Å²) in [6.07, 6.45) is 1.45. The molecule has 0 aliphatic heterocycles. The van der Waals surface area contributed by atoms with E-state index in [1.165, 1.54) is 13.2 Å². The number of methoxy groups -OCH3 is 1. The fourth-order valence-corrected chi connectivity index (χ4v) is 3.36. The summed E-state index contributed by atoms with van der Waals surface area (Å²) in [7, 11) is 1.52. The molecule has 0 fully saturated rings. The van der Waals surface area contributed by atoms with Gasteiger partial charge in [0.1, 0.15) is 23.1 Å². The van der Waals surface area contributed by atoms with Gasteiger partial charge in [-0.2, -0.15) is 5.26 Å². The molecule has 30 heavy (non-hydrogen) atoms. The van der Waals surface area contributed by atoms with Crippen LogP contribution in [-0.2, 0) is 14.3 Å². The van der Waals surface area contributed by atoms with Gasteiger partial charge >= 0.3 is 5.97 Å². The van der Waals surface area contributed by atoms with E-state index in [1.54, 1.807) is 42.5 Å². The maximum absolute atomic E-state index is 12.0. The average Bonchev–Trinajstić information content (AvgIpc) is 2.72.